The van der Waals surface area contributed by atoms with E-state index in [0.717, 1.165) is 29.6 Å². The number of nitrogens with one attached hydrogen (secondary N) is 1. The molecule has 0 aliphatic heterocycles. The first-order valence-electron chi connectivity index (χ1n) is 12.7. The standard InChI is InChI=1S/C13H23ClN2.C13H24N2/c1-12(2,3)15-16-13(4,14)11-8-9-5-6-10(11)7-9;1-9(14-15-13(2,3)4)12-8-10-5-6-11(12)7-10/h9-11H,5-8H2,1-4H3;10-12,15H,5-8H2,1-4H3. The molecule has 0 spiro atoms. The molecule has 0 saturated heterocycles. The number of hydrazone groups is 1. The maximum atomic E-state index is 6.58. The molecule has 178 valence electrons. The van der Waals surface area contributed by atoms with E-state index in [4.69, 9.17) is 11.6 Å². The highest BCUT2D eigenvalue weighted by Gasteiger charge is 2.48. The van der Waals surface area contributed by atoms with Gasteiger partial charge in [-0.15, -0.1) is 0 Å². The second-order valence-corrected chi connectivity index (χ2v) is 13.8. The van der Waals surface area contributed by atoms with Gasteiger partial charge in [0.25, 0.3) is 0 Å². The van der Waals surface area contributed by atoms with Gasteiger partial charge >= 0.3 is 0 Å². The van der Waals surface area contributed by atoms with Crippen LogP contribution in [0, 0.1) is 35.5 Å². The third-order valence-electron chi connectivity index (χ3n) is 7.80. The van der Waals surface area contributed by atoms with Gasteiger partial charge in [0.2, 0.25) is 0 Å². The van der Waals surface area contributed by atoms with Crippen molar-refractivity contribution in [3.63, 3.8) is 0 Å². The summed E-state index contributed by atoms with van der Waals surface area (Å²) in [4.78, 5) is -0.479. The number of hydrogen-bond acceptors (Lipinski definition) is 4. The second-order valence-electron chi connectivity index (χ2n) is 13.1. The lowest BCUT2D eigenvalue weighted by atomic mass is 9.84. The van der Waals surface area contributed by atoms with Crippen LogP contribution in [0.4, 0.5) is 0 Å². The Morgan fingerprint density at radius 1 is 0.774 bits per heavy atom. The van der Waals surface area contributed by atoms with Crippen molar-refractivity contribution in [1.82, 2.24) is 5.43 Å². The van der Waals surface area contributed by atoms with Crippen LogP contribution in [0.25, 0.3) is 0 Å². The Morgan fingerprint density at radius 3 is 1.77 bits per heavy atom. The van der Waals surface area contributed by atoms with E-state index in [0.29, 0.717) is 5.92 Å². The zero-order chi connectivity index (χ0) is 23.0. The van der Waals surface area contributed by atoms with Crippen LogP contribution >= 0.6 is 11.6 Å². The highest BCUT2D eigenvalue weighted by Crippen LogP contribution is 2.54. The number of halogens is 1. The van der Waals surface area contributed by atoms with Crippen LogP contribution < -0.4 is 5.43 Å². The molecule has 0 aromatic carbocycles. The molecule has 4 saturated carbocycles. The fraction of sp³-hybridized carbons (Fsp3) is 0.962. The average Bonchev–Trinajstić information content (AvgIpc) is 3.44. The molecule has 7 unspecified atom stereocenters. The van der Waals surface area contributed by atoms with E-state index >= 15 is 0 Å². The van der Waals surface area contributed by atoms with Crippen molar-refractivity contribution in [2.75, 3.05) is 0 Å². The molecule has 7 atom stereocenters. The molecule has 0 heterocycles. The molecule has 4 nitrogen and oxygen atoms in total. The summed E-state index contributed by atoms with van der Waals surface area (Å²) in [7, 11) is 0. The maximum absolute atomic E-state index is 6.58. The number of hydrogen-bond donors (Lipinski definition) is 1. The van der Waals surface area contributed by atoms with Gasteiger partial charge in [0, 0.05) is 23.1 Å². The average molecular weight is 451 g/mol. The first-order valence-corrected chi connectivity index (χ1v) is 13.1. The summed E-state index contributed by atoms with van der Waals surface area (Å²) in [6.07, 6.45) is 11.2. The largest absolute Gasteiger partial charge is 0.305 e. The summed E-state index contributed by atoms with van der Waals surface area (Å²) in [5.74, 6) is 4.99. The number of azo groups is 1. The van der Waals surface area contributed by atoms with Crippen molar-refractivity contribution in [3.8, 4) is 0 Å². The van der Waals surface area contributed by atoms with Crippen LogP contribution in [0.3, 0.4) is 0 Å². The zero-order valence-electron chi connectivity index (χ0n) is 21.3. The van der Waals surface area contributed by atoms with E-state index in [1.54, 1.807) is 0 Å². The van der Waals surface area contributed by atoms with Gasteiger partial charge in [0.05, 0.1) is 5.54 Å². The van der Waals surface area contributed by atoms with Crippen LogP contribution in [-0.4, -0.2) is 21.8 Å². The smallest absolute Gasteiger partial charge is 0.155 e. The number of rotatable bonds is 4. The Labute approximate surface area is 196 Å². The van der Waals surface area contributed by atoms with E-state index in [1.165, 1.54) is 57.1 Å². The number of nitrogens with zero attached hydrogens (tertiary/aromatic N) is 3. The Balaban J connectivity index is 0.000000176. The Morgan fingerprint density at radius 2 is 1.35 bits per heavy atom. The topological polar surface area (TPSA) is 49.1 Å². The minimum absolute atomic E-state index is 0.0961. The van der Waals surface area contributed by atoms with Crippen molar-refractivity contribution >= 4 is 17.3 Å². The molecule has 5 heteroatoms. The Bertz CT molecular complexity index is 670. The third kappa shape index (κ3) is 6.92. The minimum Gasteiger partial charge on any atom is -0.305 e. The van der Waals surface area contributed by atoms with Crippen LogP contribution in [-0.2, 0) is 0 Å². The van der Waals surface area contributed by atoms with Gasteiger partial charge < -0.3 is 5.43 Å². The van der Waals surface area contributed by atoms with Gasteiger partial charge in [-0.2, -0.15) is 15.3 Å². The van der Waals surface area contributed by atoms with Crippen LogP contribution in [0.1, 0.15) is 107 Å². The molecule has 4 fully saturated rings. The van der Waals surface area contributed by atoms with E-state index < -0.39 is 5.00 Å². The molecule has 4 aliphatic rings. The highest BCUT2D eigenvalue weighted by molar-refractivity contribution is 6.23. The summed E-state index contributed by atoms with van der Waals surface area (Å²) in [5, 5.41) is 13.3. The molecule has 4 rings (SSSR count). The van der Waals surface area contributed by atoms with Crippen molar-refractivity contribution in [2.24, 2.45) is 50.8 Å². The van der Waals surface area contributed by atoms with E-state index in [9.17, 15) is 0 Å². The number of alkyl halides is 1. The molecule has 0 radical (unpaired) electrons. The summed E-state index contributed by atoms with van der Waals surface area (Å²) in [5.41, 5.74) is 4.56. The maximum Gasteiger partial charge on any atom is 0.155 e. The van der Waals surface area contributed by atoms with Crippen LogP contribution in [0.5, 0.6) is 0 Å². The molecular weight excluding hydrogens is 404 g/mol. The molecule has 4 bridgehead atoms. The fourth-order valence-corrected chi connectivity index (χ4v) is 6.61. The van der Waals surface area contributed by atoms with Gasteiger partial charge in [0.15, 0.2) is 5.00 Å². The minimum atomic E-state index is -0.479. The second kappa shape index (κ2) is 9.31. The SMILES string of the molecule is CC(=NNC(C)(C)C)C1CC2CCC1C2.CC(C)(C)N=NC(C)(Cl)C1CC2CCC1C2. The molecule has 0 amide bonds. The summed E-state index contributed by atoms with van der Waals surface area (Å²) >= 11 is 6.58. The van der Waals surface area contributed by atoms with Crippen LogP contribution in [0.2, 0.25) is 0 Å². The van der Waals surface area contributed by atoms with E-state index in [-0.39, 0.29) is 11.1 Å². The Kier molecular flexibility index (Phi) is 7.51. The molecule has 1 N–H and O–H groups in total. The monoisotopic (exact) mass is 450 g/mol. The number of fused-ring (bicyclic) bond motifs is 4. The summed E-state index contributed by atoms with van der Waals surface area (Å²) < 4.78 is 0. The molecule has 31 heavy (non-hydrogen) atoms. The normalized spacial score (nSPS) is 37.1. The fourth-order valence-electron chi connectivity index (χ4n) is 6.31. The van der Waals surface area contributed by atoms with Gasteiger partial charge in [-0.05, 0) is 118 Å². The lowest BCUT2D eigenvalue weighted by molar-refractivity contribution is 0.257. The highest BCUT2D eigenvalue weighted by atomic mass is 35.5. The molecular formula is C26H47ClN4. The van der Waals surface area contributed by atoms with E-state index in [1.807, 2.05) is 6.92 Å². The zero-order valence-corrected chi connectivity index (χ0v) is 22.1. The lowest BCUT2D eigenvalue weighted by Gasteiger charge is -2.31. The van der Waals surface area contributed by atoms with Crippen molar-refractivity contribution in [2.45, 2.75) is 123 Å². The van der Waals surface area contributed by atoms with Crippen molar-refractivity contribution < 1.29 is 0 Å². The molecule has 0 aromatic heterocycles. The quantitative estimate of drug-likeness (QED) is 0.153. The van der Waals surface area contributed by atoms with E-state index in [2.05, 4.69) is 69.2 Å². The predicted molar refractivity (Wildman–Crippen MR) is 133 cm³/mol. The summed E-state index contributed by atoms with van der Waals surface area (Å²) in [6.45, 7) is 16.9. The lowest BCUT2D eigenvalue weighted by Crippen LogP contribution is -2.33. The first-order chi connectivity index (χ1) is 14.2. The van der Waals surface area contributed by atoms with Gasteiger partial charge in [-0.25, -0.2) is 0 Å². The van der Waals surface area contributed by atoms with Gasteiger partial charge in [-0.1, -0.05) is 24.4 Å². The third-order valence-corrected chi connectivity index (χ3v) is 8.16. The van der Waals surface area contributed by atoms with Gasteiger partial charge in [0.1, 0.15) is 0 Å². The van der Waals surface area contributed by atoms with Gasteiger partial charge in [-0.3, -0.25) is 0 Å². The first kappa shape index (κ1) is 25.0. The molecule has 4 aliphatic carbocycles. The molecule has 0 aromatic rings. The van der Waals surface area contributed by atoms with Crippen LogP contribution in [0.15, 0.2) is 15.3 Å². The predicted octanol–water partition coefficient (Wildman–Crippen LogP) is 7.81. The Hall–Kier alpha value is -0.640. The van der Waals surface area contributed by atoms with Crippen molar-refractivity contribution in [3.05, 3.63) is 0 Å². The summed E-state index contributed by atoms with van der Waals surface area (Å²) in [6, 6.07) is 0. The van der Waals surface area contributed by atoms with Crippen molar-refractivity contribution in [1.29, 1.82) is 0 Å².